The van der Waals surface area contributed by atoms with Crippen LogP contribution in [0.3, 0.4) is 0 Å². The van der Waals surface area contributed by atoms with Crippen molar-refractivity contribution in [3.05, 3.63) is 76.7 Å². The van der Waals surface area contributed by atoms with Crippen LogP contribution >= 0.6 is 0 Å². The summed E-state index contributed by atoms with van der Waals surface area (Å²) >= 11 is 0. The van der Waals surface area contributed by atoms with E-state index in [1.54, 1.807) is 7.11 Å². The van der Waals surface area contributed by atoms with E-state index >= 15 is 0 Å². The van der Waals surface area contributed by atoms with E-state index in [4.69, 9.17) is 15.2 Å². The molecule has 0 spiro atoms. The Hall–Kier alpha value is -3.72. The smallest absolute Gasteiger partial charge is 0.244 e. The lowest BCUT2D eigenvalue weighted by Gasteiger charge is -2.24. The molecule has 0 fully saturated rings. The third-order valence-electron chi connectivity index (χ3n) is 5.25. The van der Waals surface area contributed by atoms with Gasteiger partial charge in [-0.1, -0.05) is 50.2 Å². The van der Waals surface area contributed by atoms with E-state index < -0.39 is 5.92 Å². The number of methoxy groups -OCH3 is 1. The van der Waals surface area contributed by atoms with Crippen LogP contribution in [-0.2, 0) is 6.42 Å². The number of fused-ring (bicyclic) bond motifs is 1. The number of allylic oxidation sites excluding steroid dienone is 1. The Morgan fingerprint density at radius 3 is 2.67 bits per heavy atom. The quantitative estimate of drug-likeness (QED) is 0.657. The molecule has 1 aromatic heterocycles. The Morgan fingerprint density at radius 1 is 1.23 bits per heavy atom. The number of aromatic nitrogens is 2. The third-order valence-corrected chi connectivity index (χ3v) is 5.25. The maximum atomic E-state index is 9.83. The van der Waals surface area contributed by atoms with Gasteiger partial charge in [-0.15, -0.1) is 5.10 Å². The highest BCUT2D eigenvalue weighted by Crippen LogP contribution is 2.46. The van der Waals surface area contributed by atoms with E-state index in [2.05, 4.69) is 54.4 Å². The molecule has 1 atom stereocenters. The Morgan fingerprint density at radius 2 is 2.00 bits per heavy atom. The summed E-state index contributed by atoms with van der Waals surface area (Å²) in [4.78, 5) is 0. The van der Waals surface area contributed by atoms with Crippen molar-refractivity contribution in [2.45, 2.75) is 26.2 Å². The molecule has 30 heavy (non-hydrogen) atoms. The summed E-state index contributed by atoms with van der Waals surface area (Å²) in [7, 11) is 1.62. The van der Waals surface area contributed by atoms with Crippen molar-refractivity contribution in [2.24, 2.45) is 11.7 Å². The molecule has 4 rings (SSSR count). The summed E-state index contributed by atoms with van der Waals surface area (Å²) in [5.41, 5.74) is 11.2. The minimum Gasteiger partial charge on any atom is -0.497 e. The first-order valence-electron chi connectivity index (χ1n) is 9.91. The summed E-state index contributed by atoms with van der Waals surface area (Å²) < 4.78 is 11.1. The molecule has 3 N–H and O–H groups in total. The van der Waals surface area contributed by atoms with E-state index in [-0.39, 0.29) is 5.88 Å². The maximum Gasteiger partial charge on any atom is 0.244 e. The fourth-order valence-corrected chi connectivity index (χ4v) is 3.90. The van der Waals surface area contributed by atoms with Crippen molar-refractivity contribution in [1.29, 1.82) is 5.26 Å². The molecule has 0 bridgehead atoms. The number of benzene rings is 2. The van der Waals surface area contributed by atoms with E-state index in [0.717, 1.165) is 28.8 Å². The predicted octanol–water partition coefficient (Wildman–Crippen LogP) is 4.50. The van der Waals surface area contributed by atoms with Gasteiger partial charge in [0.15, 0.2) is 0 Å². The van der Waals surface area contributed by atoms with Crippen LogP contribution in [0.1, 0.15) is 36.5 Å². The number of nitrogens with one attached hydrogen (secondary N) is 1. The molecule has 3 aromatic rings. The van der Waals surface area contributed by atoms with Gasteiger partial charge < -0.3 is 15.2 Å². The molecular formula is C24H24N4O2. The lowest BCUT2D eigenvalue weighted by molar-refractivity contribution is 0.378. The highest BCUT2D eigenvalue weighted by Gasteiger charge is 2.35. The van der Waals surface area contributed by atoms with Crippen LogP contribution in [0.5, 0.6) is 11.6 Å². The van der Waals surface area contributed by atoms with E-state index in [0.29, 0.717) is 23.1 Å². The zero-order chi connectivity index (χ0) is 21.3. The van der Waals surface area contributed by atoms with Crippen molar-refractivity contribution >= 4 is 0 Å². The summed E-state index contributed by atoms with van der Waals surface area (Å²) in [6, 6.07) is 18.3. The zero-order valence-electron chi connectivity index (χ0n) is 17.3. The van der Waals surface area contributed by atoms with E-state index in [1.807, 2.05) is 24.3 Å². The Bertz CT molecular complexity index is 1140. The number of ether oxygens (including phenoxy) is 2. The highest BCUT2D eigenvalue weighted by molar-refractivity contribution is 5.71. The molecule has 1 aliphatic heterocycles. The SMILES string of the molecule is COc1cccc(C2C(C#N)=C(N)Oc3n[nH]c(-c4ccc(CC(C)C)cc4)c32)c1. The zero-order valence-corrected chi connectivity index (χ0v) is 17.3. The van der Waals surface area contributed by atoms with E-state index in [9.17, 15) is 5.26 Å². The van der Waals surface area contributed by atoms with Crippen molar-refractivity contribution < 1.29 is 9.47 Å². The Labute approximate surface area is 175 Å². The van der Waals surface area contributed by atoms with Crippen molar-refractivity contribution in [2.75, 3.05) is 7.11 Å². The first kappa shape index (κ1) is 19.6. The first-order chi connectivity index (χ1) is 14.5. The van der Waals surface area contributed by atoms with Gasteiger partial charge in [-0.2, -0.15) is 5.26 Å². The second-order valence-electron chi connectivity index (χ2n) is 7.81. The van der Waals surface area contributed by atoms with Crippen molar-refractivity contribution in [3.8, 4) is 29.0 Å². The van der Waals surface area contributed by atoms with Crippen molar-refractivity contribution in [3.63, 3.8) is 0 Å². The fourth-order valence-electron chi connectivity index (χ4n) is 3.90. The summed E-state index contributed by atoms with van der Waals surface area (Å²) in [6.45, 7) is 4.41. The van der Waals surface area contributed by atoms with Crippen LogP contribution in [0.2, 0.25) is 0 Å². The van der Waals surface area contributed by atoms with Crippen LogP contribution in [0, 0.1) is 17.2 Å². The molecule has 0 amide bonds. The number of nitrogens with zero attached hydrogens (tertiary/aromatic N) is 2. The second-order valence-corrected chi connectivity index (χ2v) is 7.81. The lowest BCUT2D eigenvalue weighted by atomic mass is 9.83. The lowest BCUT2D eigenvalue weighted by Crippen LogP contribution is -2.21. The maximum absolute atomic E-state index is 9.83. The molecular weight excluding hydrogens is 376 g/mol. The molecule has 0 aliphatic carbocycles. The molecule has 6 heteroatoms. The van der Waals surface area contributed by atoms with Gasteiger partial charge in [0.05, 0.1) is 24.3 Å². The Kier molecular flexibility index (Phi) is 5.20. The molecule has 152 valence electrons. The normalized spacial score (nSPS) is 15.5. The number of nitrogens with two attached hydrogens (primary N) is 1. The topological polar surface area (TPSA) is 96.9 Å². The van der Waals surface area contributed by atoms with Gasteiger partial charge in [-0.05, 0) is 35.6 Å². The first-order valence-corrected chi connectivity index (χ1v) is 9.91. The summed E-state index contributed by atoms with van der Waals surface area (Å²) in [5, 5.41) is 17.3. The number of nitriles is 1. The van der Waals surface area contributed by atoms with Gasteiger partial charge in [-0.3, -0.25) is 5.10 Å². The average Bonchev–Trinajstić information content (AvgIpc) is 3.16. The average molecular weight is 400 g/mol. The summed E-state index contributed by atoms with van der Waals surface area (Å²) in [5.74, 6) is 1.36. The van der Waals surface area contributed by atoms with Gasteiger partial charge in [-0.25, -0.2) is 0 Å². The van der Waals surface area contributed by atoms with Gasteiger partial charge >= 0.3 is 0 Å². The molecule has 1 unspecified atom stereocenters. The minimum absolute atomic E-state index is 0.0724. The number of rotatable bonds is 5. The van der Waals surface area contributed by atoms with Crippen molar-refractivity contribution in [1.82, 2.24) is 10.2 Å². The molecule has 6 nitrogen and oxygen atoms in total. The van der Waals surface area contributed by atoms with Crippen LogP contribution in [0.4, 0.5) is 0 Å². The molecule has 2 aromatic carbocycles. The Balaban J connectivity index is 1.84. The predicted molar refractivity (Wildman–Crippen MR) is 115 cm³/mol. The number of aromatic amines is 1. The van der Waals surface area contributed by atoms with Gasteiger partial charge in [0.25, 0.3) is 0 Å². The van der Waals surface area contributed by atoms with Crippen LogP contribution in [-0.4, -0.2) is 17.3 Å². The molecule has 1 aliphatic rings. The largest absolute Gasteiger partial charge is 0.497 e. The van der Waals surface area contributed by atoms with Crippen LogP contribution in [0.25, 0.3) is 11.3 Å². The monoisotopic (exact) mass is 400 g/mol. The fraction of sp³-hybridized carbons (Fsp3) is 0.250. The molecule has 0 radical (unpaired) electrons. The van der Waals surface area contributed by atoms with Crippen LogP contribution in [0.15, 0.2) is 60.0 Å². The highest BCUT2D eigenvalue weighted by atomic mass is 16.5. The van der Waals surface area contributed by atoms with Gasteiger partial charge in [0.2, 0.25) is 11.8 Å². The summed E-state index contributed by atoms with van der Waals surface area (Å²) in [6.07, 6.45) is 1.02. The molecule has 0 saturated heterocycles. The minimum atomic E-state index is -0.405. The number of H-pyrrole nitrogens is 1. The second kappa shape index (κ2) is 7.96. The molecule has 2 heterocycles. The standard InChI is InChI=1S/C24H24N4O2/c1-14(2)11-15-7-9-16(10-8-15)22-21-20(17-5-4-6-18(12-17)29-3)19(13-25)23(26)30-24(21)28-27-22/h4-10,12,14,20H,11,26H2,1-3H3,(H,27,28). The number of hydrogen-bond donors (Lipinski definition) is 2. The number of hydrogen-bond acceptors (Lipinski definition) is 5. The van der Waals surface area contributed by atoms with Crippen LogP contribution < -0.4 is 15.2 Å². The molecule has 0 saturated carbocycles. The third kappa shape index (κ3) is 3.50. The van der Waals surface area contributed by atoms with E-state index in [1.165, 1.54) is 5.56 Å². The van der Waals surface area contributed by atoms with Gasteiger partial charge in [0.1, 0.15) is 17.4 Å². The van der Waals surface area contributed by atoms with Gasteiger partial charge in [0, 0.05) is 5.56 Å².